The molecule has 5 nitrogen and oxygen atoms in total. The summed E-state index contributed by atoms with van der Waals surface area (Å²) in [5.74, 6) is -0.312. The first-order valence-corrected chi connectivity index (χ1v) is 10.9. The molecule has 3 aromatic carbocycles. The van der Waals surface area contributed by atoms with Crippen LogP contribution >= 0.6 is 23.2 Å². The minimum absolute atomic E-state index is 0.0798. The minimum atomic E-state index is -3.80. The molecule has 29 heavy (non-hydrogen) atoms. The molecule has 0 aliphatic rings. The van der Waals surface area contributed by atoms with E-state index in [1.165, 1.54) is 12.1 Å². The summed E-state index contributed by atoms with van der Waals surface area (Å²) < 4.78 is 27.9. The number of halogens is 2. The summed E-state index contributed by atoms with van der Waals surface area (Å²) >= 11 is 11.9. The average Bonchev–Trinajstić information content (AvgIpc) is 2.66. The Balaban J connectivity index is 1.79. The number of anilines is 2. The lowest BCUT2D eigenvalue weighted by Gasteiger charge is -2.13. The number of aryl methyl sites for hydroxylation is 2. The lowest BCUT2D eigenvalue weighted by Crippen LogP contribution is -2.15. The molecule has 2 N–H and O–H groups in total. The molecule has 0 aliphatic carbocycles. The molecule has 0 bridgehead atoms. The van der Waals surface area contributed by atoms with Crippen LogP contribution in [0.25, 0.3) is 0 Å². The smallest absolute Gasteiger partial charge is 0.261 e. The zero-order valence-corrected chi connectivity index (χ0v) is 18.0. The summed E-state index contributed by atoms with van der Waals surface area (Å²) in [4.78, 5) is 12.4. The Morgan fingerprint density at radius 3 is 2.17 bits per heavy atom. The number of hydrogen-bond donors (Lipinski definition) is 2. The second-order valence-corrected chi connectivity index (χ2v) is 9.03. The fourth-order valence-electron chi connectivity index (χ4n) is 2.61. The molecule has 3 aromatic rings. The van der Waals surface area contributed by atoms with Crippen LogP contribution in [0.1, 0.15) is 21.5 Å². The van der Waals surface area contributed by atoms with E-state index >= 15 is 0 Å². The Morgan fingerprint density at radius 2 is 1.55 bits per heavy atom. The predicted octanol–water partition coefficient (Wildman–Crippen LogP) is 5.66. The van der Waals surface area contributed by atoms with Gasteiger partial charge < -0.3 is 5.32 Å². The quantitative estimate of drug-likeness (QED) is 0.528. The molecule has 1 amide bonds. The third-order valence-corrected chi connectivity index (χ3v) is 6.32. The highest BCUT2D eigenvalue weighted by Gasteiger charge is 2.17. The molecule has 150 valence electrons. The highest BCUT2D eigenvalue weighted by atomic mass is 35.5. The summed E-state index contributed by atoms with van der Waals surface area (Å²) in [6, 6.07) is 15.9. The van der Waals surface area contributed by atoms with Gasteiger partial charge in [0.2, 0.25) is 0 Å². The van der Waals surface area contributed by atoms with Gasteiger partial charge in [-0.05, 0) is 79.6 Å². The molecule has 0 unspecified atom stereocenters. The van der Waals surface area contributed by atoms with Crippen LogP contribution in [0.3, 0.4) is 0 Å². The van der Waals surface area contributed by atoms with Crippen LogP contribution in [-0.2, 0) is 10.0 Å². The van der Waals surface area contributed by atoms with E-state index in [1.807, 2.05) is 6.92 Å². The molecule has 0 fully saturated rings. The van der Waals surface area contributed by atoms with Crippen molar-refractivity contribution in [1.29, 1.82) is 0 Å². The van der Waals surface area contributed by atoms with Gasteiger partial charge in [0.25, 0.3) is 15.9 Å². The van der Waals surface area contributed by atoms with Crippen molar-refractivity contribution < 1.29 is 13.2 Å². The molecule has 0 spiro atoms. The van der Waals surface area contributed by atoms with E-state index in [2.05, 4.69) is 10.0 Å². The normalized spacial score (nSPS) is 11.2. The molecular weight excluding hydrogens is 431 g/mol. The molecule has 0 saturated carbocycles. The SMILES string of the molecule is Cc1ccc(NS(=O)(=O)c2ccc(NC(=O)c3ccc(Cl)cc3)c(C)c2)cc1Cl. The van der Waals surface area contributed by atoms with E-state index in [0.717, 1.165) is 5.56 Å². The van der Waals surface area contributed by atoms with Crippen LogP contribution in [0.15, 0.2) is 65.6 Å². The molecule has 0 heterocycles. The van der Waals surface area contributed by atoms with Crippen molar-refractivity contribution in [2.45, 2.75) is 18.7 Å². The lowest BCUT2D eigenvalue weighted by molar-refractivity contribution is 0.102. The van der Waals surface area contributed by atoms with E-state index in [9.17, 15) is 13.2 Å². The Kier molecular flexibility index (Phi) is 6.17. The van der Waals surface area contributed by atoms with Gasteiger partial charge in [-0.15, -0.1) is 0 Å². The zero-order chi connectivity index (χ0) is 21.2. The van der Waals surface area contributed by atoms with Crippen molar-refractivity contribution in [2.24, 2.45) is 0 Å². The number of carbonyl (C=O) groups excluding carboxylic acids is 1. The van der Waals surface area contributed by atoms with Crippen LogP contribution in [0.5, 0.6) is 0 Å². The van der Waals surface area contributed by atoms with Crippen LogP contribution in [0, 0.1) is 13.8 Å². The van der Waals surface area contributed by atoms with Crippen molar-refractivity contribution >= 4 is 50.5 Å². The van der Waals surface area contributed by atoms with Gasteiger partial charge in [0.05, 0.1) is 10.6 Å². The first kappa shape index (κ1) is 21.2. The maximum absolute atomic E-state index is 12.7. The van der Waals surface area contributed by atoms with Crippen molar-refractivity contribution in [3.8, 4) is 0 Å². The third-order valence-electron chi connectivity index (χ3n) is 4.29. The van der Waals surface area contributed by atoms with Gasteiger partial charge in [-0.1, -0.05) is 29.3 Å². The maximum Gasteiger partial charge on any atom is 0.261 e. The topological polar surface area (TPSA) is 75.3 Å². The Bertz CT molecular complexity index is 1180. The minimum Gasteiger partial charge on any atom is -0.322 e. The highest BCUT2D eigenvalue weighted by Crippen LogP contribution is 2.25. The van der Waals surface area contributed by atoms with Crippen LogP contribution < -0.4 is 10.0 Å². The van der Waals surface area contributed by atoms with E-state index in [4.69, 9.17) is 23.2 Å². The van der Waals surface area contributed by atoms with Crippen LogP contribution in [0.2, 0.25) is 10.0 Å². The number of benzene rings is 3. The standard InChI is InChI=1S/C21H18Cl2N2O3S/c1-13-3-8-17(12-19(13)23)25-29(27,28)18-9-10-20(14(2)11-18)24-21(26)15-4-6-16(22)7-5-15/h3-12,25H,1-2H3,(H,24,26). The van der Waals surface area contributed by atoms with Gasteiger partial charge >= 0.3 is 0 Å². The number of hydrogen-bond acceptors (Lipinski definition) is 3. The first-order chi connectivity index (χ1) is 13.7. The largest absolute Gasteiger partial charge is 0.322 e. The molecule has 0 aromatic heterocycles. The molecule has 0 atom stereocenters. The van der Waals surface area contributed by atoms with E-state index in [1.54, 1.807) is 55.5 Å². The molecule has 0 radical (unpaired) electrons. The number of amides is 1. The number of rotatable bonds is 5. The molecular formula is C21H18Cl2N2O3S. The van der Waals surface area contributed by atoms with Crippen molar-refractivity contribution in [1.82, 2.24) is 0 Å². The fourth-order valence-corrected chi connectivity index (χ4v) is 4.05. The first-order valence-electron chi connectivity index (χ1n) is 8.62. The second kappa shape index (κ2) is 8.45. The molecule has 0 saturated heterocycles. The maximum atomic E-state index is 12.7. The van der Waals surface area contributed by atoms with Crippen molar-refractivity contribution in [3.63, 3.8) is 0 Å². The summed E-state index contributed by atoms with van der Waals surface area (Å²) in [7, 11) is -3.80. The van der Waals surface area contributed by atoms with Crippen LogP contribution in [-0.4, -0.2) is 14.3 Å². The predicted molar refractivity (Wildman–Crippen MR) is 118 cm³/mol. The zero-order valence-electron chi connectivity index (χ0n) is 15.7. The summed E-state index contributed by atoms with van der Waals surface area (Å²) in [5.41, 5.74) is 2.80. The van der Waals surface area contributed by atoms with E-state index in [0.29, 0.717) is 32.5 Å². The summed E-state index contributed by atoms with van der Waals surface area (Å²) in [5, 5.41) is 3.78. The number of nitrogens with one attached hydrogen (secondary N) is 2. The van der Waals surface area contributed by atoms with Gasteiger partial charge in [0.1, 0.15) is 0 Å². The fraction of sp³-hybridized carbons (Fsp3) is 0.0952. The Labute approximate surface area is 179 Å². The van der Waals surface area contributed by atoms with E-state index < -0.39 is 10.0 Å². The monoisotopic (exact) mass is 448 g/mol. The number of carbonyl (C=O) groups is 1. The highest BCUT2D eigenvalue weighted by molar-refractivity contribution is 7.92. The molecule has 0 aliphatic heterocycles. The average molecular weight is 449 g/mol. The van der Waals surface area contributed by atoms with Gasteiger partial charge in [0.15, 0.2) is 0 Å². The van der Waals surface area contributed by atoms with Gasteiger partial charge in [-0.3, -0.25) is 9.52 Å². The lowest BCUT2D eigenvalue weighted by atomic mass is 10.1. The summed E-state index contributed by atoms with van der Waals surface area (Å²) in [6.07, 6.45) is 0. The molecule has 8 heteroatoms. The van der Waals surface area contributed by atoms with Gasteiger partial charge in [-0.25, -0.2) is 8.42 Å². The Morgan fingerprint density at radius 1 is 0.862 bits per heavy atom. The number of sulfonamides is 1. The summed E-state index contributed by atoms with van der Waals surface area (Å²) in [6.45, 7) is 3.56. The van der Waals surface area contributed by atoms with Gasteiger partial charge in [0, 0.05) is 21.3 Å². The molecule has 3 rings (SSSR count). The third kappa shape index (κ3) is 5.09. The van der Waals surface area contributed by atoms with Crippen LogP contribution in [0.4, 0.5) is 11.4 Å². The van der Waals surface area contributed by atoms with Gasteiger partial charge in [-0.2, -0.15) is 0 Å². The Hall–Kier alpha value is -2.54. The van der Waals surface area contributed by atoms with E-state index in [-0.39, 0.29) is 10.8 Å². The van der Waals surface area contributed by atoms with Crippen molar-refractivity contribution in [2.75, 3.05) is 10.0 Å². The second-order valence-electron chi connectivity index (χ2n) is 6.51. The van der Waals surface area contributed by atoms with Crippen molar-refractivity contribution in [3.05, 3.63) is 87.4 Å².